The second-order valence-electron chi connectivity index (χ2n) is 2.39. The third kappa shape index (κ3) is 2.15. The van der Waals surface area contributed by atoms with Gasteiger partial charge in [-0.2, -0.15) is 0 Å². The summed E-state index contributed by atoms with van der Waals surface area (Å²) in [5, 5.41) is 1.04. The Labute approximate surface area is 81.1 Å². The number of thioether (sulfide) groups is 1. The number of methoxy groups -OCH3 is 1. The molecule has 1 aromatic rings. The Morgan fingerprint density at radius 1 is 1.67 bits per heavy atom. The molecule has 12 heavy (non-hydrogen) atoms. The van der Waals surface area contributed by atoms with Gasteiger partial charge in [0.1, 0.15) is 0 Å². The highest BCUT2D eigenvalue weighted by Gasteiger charge is 2.08. The van der Waals surface area contributed by atoms with Gasteiger partial charge in [0.15, 0.2) is 5.06 Å². The molecule has 0 unspecified atom stereocenters. The van der Waals surface area contributed by atoms with Gasteiger partial charge in [0.25, 0.3) is 0 Å². The number of rotatable bonds is 4. The lowest BCUT2D eigenvalue weighted by molar-refractivity contribution is -0.366. The van der Waals surface area contributed by atoms with E-state index in [9.17, 15) is 0 Å². The molecule has 0 atom stereocenters. The van der Waals surface area contributed by atoms with Gasteiger partial charge >= 0.3 is 0 Å². The van der Waals surface area contributed by atoms with Crippen LogP contribution in [-0.2, 0) is 6.42 Å². The number of quaternary nitrogens is 1. The van der Waals surface area contributed by atoms with Gasteiger partial charge in [-0.05, 0) is 12.3 Å². The highest BCUT2D eigenvalue weighted by atomic mass is 32.2. The van der Waals surface area contributed by atoms with Crippen LogP contribution in [0, 0.1) is 0 Å². The van der Waals surface area contributed by atoms with Gasteiger partial charge in [-0.3, -0.25) is 0 Å². The molecule has 0 radical (unpaired) electrons. The standard InChI is InChI=1S/C8H13NOS2/c1-10-8-6(3-4-9)5-7(11-2)12-8/h5H,3-4,9H2,1-2H3/p+1. The number of hydrogen-bond acceptors (Lipinski definition) is 3. The maximum absolute atomic E-state index is 5.26. The Morgan fingerprint density at radius 2 is 2.42 bits per heavy atom. The zero-order valence-corrected chi connectivity index (χ0v) is 9.06. The Bertz CT molecular complexity index is 247. The van der Waals surface area contributed by atoms with Gasteiger partial charge in [0.05, 0.1) is 17.9 Å². The third-order valence-electron chi connectivity index (χ3n) is 1.58. The number of hydrogen-bond donors (Lipinski definition) is 1. The van der Waals surface area contributed by atoms with Crippen molar-refractivity contribution < 1.29 is 10.5 Å². The van der Waals surface area contributed by atoms with Crippen LogP contribution in [-0.4, -0.2) is 19.9 Å². The molecular formula is C8H14NOS2+. The molecule has 1 heterocycles. The Balaban J connectivity index is 2.84. The molecule has 0 saturated carbocycles. The summed E-state index contributed by atoms with van der Waals surface area (Å²) in [5.41, 5.74) is 5.13. The van der Waals surface area contributed by atoms with Crippen LogP contribution < -0.4 is 10.5 Å². The Kier molecular flexibility index (Phi) is 3.91. The van der Waals surface area contributed by atoms with Crippen molar-refractivity contribution in [2.24, 2.45) is 0 Å². The smallest absolute Gasteiger partial charge is 0.177 e. The summed E-state index contributed by atoms with van der Waals surface area (Å²) < 4.78 is 6.57. The van der Waals surface area contributed by atoms with Crippen LogP contribution in [0.25, 0.3) is 0 Å². The summed E-state index contributed by atoms with van der Waals surface area (Å²) in [6.45, 7) is 0.931. The second-order valence-corrected chi connectivity index (χ2v) is 4.51. The van der Waals surface area contributed by atoms with E-state index < -0.39 is 0 Å². The van der Waals surface area contributed by atoms with Gasteiger partial charge in [-0.25, -0.2) is 0 Å². The van der Waals surface area contributed by atoms with Crippen molar-refractivity contribution >= 4 is 23.1 Å². The van der Waals surface area contributed by atoms with Crippen molar-refractivity contribution in [3.8, 4) is 5.06 Å². The van der Waals surface area contributed by atoms with Crippen LogP contribution in [0.3, 0.4) is 0 Å². The van der Waals surface area contributed by atoms with E-state index in [1.807, 2.05) is 0 Å². The van der Waals surface area contributed by atoms with Crippen LogP contribution in [0.4, 0.5) is 0 Å². The van der Waals surface area contributed by atoms with Gasteiger partial charge in [0, 0.05) is 12.0 Å². The lowest BCUT2D eigenvalue weighted by atomic mass is 10.2. The summed E-state index contributed by atoms with van der Waals surface area (Å²) in [5.74, 6) is 0. The Morgan fingerprint density at radius 3 is 2.92 bits per heavy atom. The van der Waals surface area contributed by atoms with E-state index in [0.717, 1.165) is 18.0 Å². The van der Waals surface area contributed by atoms with Crippen molar-refractivity contribution in [3.63, 3.8) is 0 Å². The molecule has 0 aliphatic heterocycles. The average molecular weight is 204 g/mol. The van der Waals surface area contributed by atoms with Crippen LogP contribution in [0.15, 0.2) is 10.3 Å². The van der Waals surface area contributed by atoms with Crippen molar-refractivity contribution in [1.82, 2.24) is 0 Å². The van der Waals surface area contributed by atoms with E-state index in [1.54, 1.807) is 30.2 Å². The van der Waals surface area contributed by atoms with Crippen LogP contribution in [0.1, 0.15) is 5.56 Å². The molecule has 0 aromatic carbocycles. The molecule has 0 fully saturated rings. The van der Waals surface area contributed by atoms with Gasteiger partial charge in [0.2, 0.25) is 0 Å². The quantitative estimate of drug-likeness (QED) is 0.750. The zero-order valence-electron chi connectivity index (χ0n) is 7.42. The molecule has 2 nitrogen and oxygen atoms in total. The monoisotopic (exact) mass is 204 g/mol. The minimum Gasteiger partial charge on any atom is -0.487 e. The van der Waals surface area contributed by atoms with E-state index in [0.29, 0.717) is 0 Å². The SMILES string of the molecule is COc1sc(SC)cc1CC[NH3+]. The zero-order chi connectivity index (χ0) is 8.97. The topological polar surface area (TPSA) is 36.9 Å². The van der Waals surface area contributed by atoms with Crippen LogP contribution in [0.5, 0.6) is 5.06 Å². The Hall–Kier alpha value is -0.190. The van der Waals surface area contributed by atoms with Crippen molar-refractivity contribution in [2.75, 3.05) is 19.9 Å². The average Bonchev–Trinajstić information content (AvgIpc) is 2.48. The minimum absolute atomic E-state index is 0.931. The van der Waals surface area contributed by atoms with Gasteiger partial charge in [-0.15, -0.1) is 11.8 Å². The first kappa shape index (κ1) is 9.89. The van der Waals surface area contributed by atoms with Crippen LogP contribution >= 0.6 is 23.1 Å². The van der Waals surface area contributed by atoms with Crippen molar-refractivity contribution in [3.05, 3.63) is 11.6 Å². The van der Waals surface area contributed by atoms with E-state index in [-0.39, 0.29) is 0 Å². The lowest BCUT2D eigenvalue weighted by Crippen LogP contribution is -2.51. The predicted octanol–water partition coefficient (Wildman–Crippen LogP) is 1.26. The maximum Gasteiger partial charge on any atom is 0.177 e. The van der Waals surface area contributed by atoms with E-state index >= 15 is 0 Å². The molecule has 68 valence electrons. The molecule has 1 rings (SSSR count). The maximum atomic E-state index is 5.26. The molecule has 0 amide bonds. The summed E-state index contributed by atoms with van der Waals surface area (Å²) >= 11 is 3.48. The molecule has 3 N–H and O–H groups in total. The fourth-order valence-electron chi connectivity index (χ4n) is 1.03. The highest BCUT2D eigenvalue weighted by Crippen LogP contribution is 2.35. The molecule has 0 bridgehead atoms. The number of thiophene rings is 1. The minimum atomic E-state index is 0.931. The molecule has 1 aromatic heterocycles. The molecule has 0 aliphatic rings. The van der Waals surface area contributed by atoms with Gasteiger partial charge in [-0.1, -0.05) is 11.3 Å². The summed E-state index contributed by atoms with van der Waals surface area (Å²) in [6.07, 6.45) is 3.10. The van der Waals surface area contributed by atoms with Crippen molar-refractivity contribution in [1.29, 1.82) is 0 Å². The van der Waals surface area contributed by atoms with E-state index in [2.05, 4.69) is 18.1 Å². The molecule has 0 aliphatic carbocycles. The van der Waals surface area contributed by atoms with Crippen LogP contribution in [0.2, 0.25) is 0 Å². The lowest BCUT2D eigenvalue weighted by Gasteiger charge is -1.97. The summed E-state index contributed by atoms with van der Waals surface area (Å²) in [7, 11) is 1.72. The fourth-order valence-corrected chi connectivity index (χ4v) is 2.61. The predicted molar refractivity (Wildman–Crippen MR) is 54.1 cm³/mol. The molecule has 4 heteroatoms. The second kappa shape index (κ2) is 4.74. The van der Waals surface area contributed by atoms with E-state index in [4.69, 9.17) is 4.74 Å². The normalized spacial score (nSPS) is 10.2. The summed E-state index contributed by atoms with van der Waals surface area (Å²) in [6, 6.07) is 2.19. The fraction of sp³-hybridized carbons (Fsp3) is 0.500. The first-order chi connectivity index (χ1) is 5.81. The molecule has 0 spiro atoms. The highest BCUT2D eigenvalue weighted by molar-refractivity contribution is 8.00. The summed E-state index contributed by atoms with van der Waals surface area (Å²) in [4.78, 5) is 0. The largest absolute Gasteiger partial charge is 0.487 e. The molecule has 0 saturated heterocycles. The van der Waals surface area contributed by atoms with Crippen molar-refractivity contribution in [2.45, 2.75) is 10.6 Å². The first-order valence-corrected chi connectivity index (χ1v) is 5.86. The van der Waals surface area contributed by atoms with Gasteiger partial charge < -0.3 is 10.5 Å². The number of ether oxygens (including phenoxy) is 1. The third-order valence-corrected chi connectivity index (χ3v) is 3.78. The molecular weight excluding hydrogens is 190 g/mol. The van der Waals surface area contributed by atoms with E-state index in [1.165, 1.54) is 9.77 Å². The first-order valence-electron chi connectivity index (χ1n) is 3.81.